The van der Waals surface area contributed by atoms with Gasteiger partial charge >= 0.3 is 0 Å². The second-order valence-corrected chi connectivity index (χ2v) is 10.1. The summed E-state index contributed by atoms with van der Waals surface area (Å²) in [6.07, 6.45) is 11.6. The highest BCUT2D eigenvalue weighted by Crippen LogP contribution is 2.38. The van der Waals surface area contributed by atoms with Crippen LogP contribution in [0.15, 0.2) is 48.7 Å². The molecule has 3 aromatic heterocycles. The lowest BCUT2D eigenvalue weighted by Gasteiger charge is -2.14. The van der Waals surface area contributed by atoms with Gasteiger partial charge < -0.3 is 16.4 Å². The van der Waals surface area contributed by atoms with E-state index in [4.69, 9.17) is 27.4 Å². The molecule has 0 amide bonds. The highest BCUT2D eigenvalue weighted by atomic mass is 35.5. The van der Waals surface area contributed by atoms with Crippen molar-refractivity contribution in [3.63, 3.8) is 0 Å². The number of pyridine rings is 1. The van der Waals surface area contributed by atoms with Crippen LogP contribution in [-0.2, 0) is 0 Å². The first-order valence-electron chi connectivity index (χ1n) is 12.6. The van der Waals surface area contributed by atoms with E-state index in [1.807, 2.05) is 35.0 Å². The fourth-order valence-corrected chi connectivity index (χ4v) is 5.54. The van der Waals surface area contributed by atoms with Crippen molar-refractivity contribution in [3.05, 3.63) is 53.7 Å². The molecule has 2 saturated carbocycles. The van der Waals surface area contributed by atoms with Gasteiger partial charge in [-0.25, -0.2) is 14.5 Å². The van der Waals surface area contributed by atoms with Gasteiger partial charge in [0.2, 0.25) is 5.95 Å². The van der Waals surface area contributed by atoms with Gasteiger partial charge in [-0.2, -0.15) is 5.10 Å². The molecule has 4 N–H and O–H groups in total. The highest BCUT2D eigenvalue weighted by molar-refractivity contribution is 6.33. The van der Waals surface area contributed by atoms with Gasteiger partial charge in [-0.15, -0.1) is 0 Å². The molecule has 0 saturated heterocycles. The van der Waals surface area contributed by atoms with E-state index in [1.54, 1.807) is 0 Å². The lowest BCUT2D eigenvalue weighted by atomic mass is 10.0. The lowest BCUT2D eigenvalue weighted by molar-refractivity contribution is 0.742. The zero-order valence-electron chi connectivity index (χ0n) is 19.7. The van der Waals surface area contributed by atoms with Crippen LogP contribution in [0.2, 0.25) is 5.02 Å². The first-order chi connectivity index (χ1) is 17.2. The number of anilines is 3. The number of halogens is 1. The van der Waals surface area contributed by atoms with Crippen molar-refractivity contribution in [2.24, 2.45) is 0 Å². The molecule has 4 aromatic rings. The normalized spacial score (nSPS) is 16.8. The zero-order valence-corrected chi connectivity index (χ0v) is 20.4. The third-order valence-corrected chi connectivity index (χ3v) is 7.58. The Morgan fingerprint density at radius 3 is 2.40 bits per heavy atom. The summed E-state index contributed by atoms with van der Waals surface area (Å²) in [7, 11) is 0. The van der Waals surface area contributed by atoms with Gasteiger partial charge in [0.05, 0.1) is 27.5 Å². The monoisotopic (exact) mass is 487 g/mol. The van der Waals surface area contributed by atoms with E-state index in [1.165, 1.54) is 38.5 Å². The Morgan fingerprint density at radius 2 is 1.66 bits per heavy atom. The molecule has 180 valence electrons. The van der Waals surface area contributed by atoms with E-state index in [9.17, 15) is 0 Å². The summed E-state index contributed by atoms with van der Waals surface area (Å²) >= 11 is 6.24. The summed E-state index contributed by atoms with van der Waals surface area (Å²) < 4.78 is 2.00. The number of nitrogens with two attached hydrogens (primary N) is 1. The maximum Gasteiger partial charge on any atom is 0.223 e. The van der Waals surface area contributed by atoms with Crippen LogP contribution in [0.3, 0.4) is 0 Å². The van der Waals surface area contributed by atoms with Crippen molar-refractivity contribution in [3.8, 4) is 22.5 Å². The van der Waals surface area contributed by atoms with Gasteiger partial charge in [-0.1, -0.05) is 49.4 Å². The standard InChI is InChI=1S/C27H30ClN7/c28-20-13-12-17(16-21(20)29)26-25(22-14-15-30-27(33-22)32-19-8-3-4-9-19)23-10-5-11-24(35(23)34-26)31-18-6-1-2-7-18/h5,10-16,18-19,31H,1-4,6-9,29H2,(H,30,32,33). The second-order valence-electron chi connectivity index (χ2n) is 9.68. The van der Waals surface area contributed by atoms with Crippen molar-refractivity contribution in [2.45, 2.75) is 63.5 Å². The van der Waals surface area contributed by atoms with Crippen LogP contribution in [-0.4, -0.2) is 31.7 Å². The van der Waals surface area contributed by atoms with E-state index < -0.39 is 0 Å². The smallest absolute Gasteiger partial charge is 0.223 e. The Hall–Kier alpha value is -3.32. The van der Waals surface area contributed by atoms with Gasteiger partial charge in [-0.05, 0) is 56.0 Å². The Bertz CT molecular complexity index is 1350. The van der Waals surface area contributed by atoms with Crippen molar-refractivity contribution in [1.82, 2.24) is 19.6 Å². The van der Waals surface area contributed by atoms with E-state index in [0.717, 1.165) is 46.7 Å². The molecule has 8 heteroatoms. The third-order valence-electron chi connectivity index (χ3n) is 7.23. The van der Waals surface area contributed by atoms with Gasteiger partial charge in [-0.3, -0.25) is 0 Å². The largest absolute Gasteiger partial charge is 0.398 e. The van der Waals surface area contributed by atoms with Crippen molar-refractivity contribution >= 4 is 34.6 Å². The molecule has 1 aromatic carbocycles. The molecule has 0 unspecified atom stereocenters. The molecule has 0 atom stereocenters. The number of benzene rings is 1. The minimum atomic E-state index is 0.437. The van der Waals surface area contributed by atoms with Crippen LogP contribution >= 0.6 is 11.6 Å². The quantitative estimate of drug-likeness (QED) is 0.272. The molecule has 2 fully saturated rings. The van der Waals surface area contributed by atoms with Gasteiger partial charge in [0.25, 0.3) is 0 Å². The maximum absolute atomic E-state index is 6.24. The first-order valence-corrected chi connectivity index (χ1v) is 13.0. The number of hydrogen-bond acceptors (Lipinski definition) is 6. The van der Waals surface area contributed by atoms with Crippen LogP contribution in [0.25, 0.3) is 28.0 Å². The molecular formula is C27H30ClN7. The molecule has 0 radical (unpaired) electrons. The molecular weight excluding hydrogens is 458 g/mol. The summed E-state index contributed by atoms with van der Waals surface area (Å²) in [6.45, 7) is 0. The van der Waals surface area contributed by atoms with Crippen LogP contribution in [0.5, 0.6) is 0 Å². The van der Waals surface area contributed by atoms with E-state index in [0.29, 0.717) is 28.7 Å². The zero-order chi connectivity index (χ0) is 23.8. The first kappa shape index (κ1) is 22.2. The summed E-state index contributed by atoms with van der Waals surface area (Å²) in [4.78, 5) is 9.44. The molecule has 35 heavy (non-hydrogen) atoms. The third kappa shape index (κ3) is 4.41. The number of fused-ring (bicyclic) bond motifs is 1. The van der Waals surface area contributed by atoms with Crippen LogP contribution < -0.4 is 16.4 Å². The molecule has 3 heterocycles. The number of hydrogen-bond donors (Lipinski definition) is 3. The number of nitrogen functional groups attached to an aromatic ring is 1. The molecule has 0 bridgehead atoms. The van der Waals surface area contributed by atoms with Crippen LogP contribution in [0.4, 0.5) is 17.5 Å². The molecule has 2 aliphatic rings. The molecule has 2 aliphatic carbocycles. The van der Waals surface area contributed by atoms with Crippen LogP contribution in [0.1, 0.15) is 51.4 Å². The topological polar surface area (TPSA) is 93.2 Å². The Morgan fingerprint density at radius 1 is 0.914 bits per heavy atom. The second kappa shape index (κ2) is 9.38. The minimum absolute atomic E-state index is 0.437. The minimum Gasteiger partial charge on any atom is -0.398 e. The van der Waals surface area contributed by atoms with E-state index in [-0.39, 0.29) is 0 Å². The molecule has 7 nitrogen and oxygen atoms in total. The average Bonchev–Trinajstić information content (AvgIpc) is 3.63. The van der Waals surface area contributed by atoms with Gasteiger partial charge in [0.15, 0.2) is 0 Å². The van der Waals surface area contributed by atoms with E-state index in [2.05, 4.69) is 33.8 Å². The highest BCUT2D eigenvalue weighted by Gasteiger charge is 2.23. The summed E-state index contributed by atoms with van der Waals surface area (Å²) in [5, 5.41) is 12.9. The Labute approximate surface area is 210 Å². The number of aromatic nitrogens is 4. The maximum atomic E-state index is 6.24. The van der Waals surface area contributed by atoms with E-state index >= 15 is 0 Å². The van der Waals surface area contributed by atoms with Gasteiger partial charge in [0, 0.05) is 23.8 Å². The van der Waals surface area contributed by atoms with Crippen molar-refractivity contribution < 1.29 is 0 Å². The summed E-state index contributed by atoms with van der Waals surface area (Å²) in [5.74, 6) is 1.65. The van der Waals surface area contributed by atoms with Crippen LogP contribution in [0, 0.1) is 0 Å². The molecule has 6 rings (SSSR count). The fourth-order valence-electron chi connectivity index (χ4n) is 5.42. The lowest BCUT2D eigenvalue weighted by Crippen LogP contribution is -2.17. The summed E-state index contributed by atoms with van der Waals surface area (Å²) in [6, 6.07) is 14.8. The Balaban J connectivity index is 1.49. The van der Waals surface area contributed by atoms with Gasteiger partial charge in [0.1, 0.15) is 11.5 Å². The Kier molecular flexibility index (Phi) is 5.94. The number of nitrogens with one attached hydrogen (secondary N) is 2. The average molecular weight is 488 g/mol. The number of nitrogens with zero attached hydrogens (tertiary/aromatic N) is 4. The molecule has 0 aliphatic heterocycles. The predicted octanol–water partition coefficient (Wildman–Crippen LogP) is 6.40. The van der Waals surface area contributed by atoms with Crippen molar-refractivity contribution in [2.75, 3.05) is 16.4 Å². The summed E-state index contributed by atoms with van der Waals surface area (Å²) in [5.41, 5.74) is 11.2. The SMILES string of the molecule is Nc1cc(-c2nn3c(NC4CCCC4)cccc3c2-c2ccnc(NC3CCCC3)n2)ccc1Cl. The van der Waals surface area contributed by atoms with Crippen molar-refractivity contribution in [1.29, 1.82) is 0 Å². The fraction of sp³-hybridized carbons (Fsp3) is 0.370. The predicted molar refractivity (Wildman–Crippen MR) is 143 cm³/mol. The molecule has 0 spiro atoms. The number of rotatable bonds is 6.